The maximum absolute atomic E-state index is 14.0. The van der Waals surface area contributed by atoms with Gasteiger partial charge in [-0.3, -0.25) is 39.0 Å². The van der Waals surface area contributed by atoms with Crippen LogP contribution in [0.3, 0.4) is 0 Å². The van der Waals surface area contributed by atoms with E-state index in [0.29, 0.717) is 57.5 Å². The summed E-state index contributed by atoms with van der Waals surface area (Å²) >= 11 is 0. The molecule has 19 heteroatoms. The summed E-state index contributed by atoms with van der Waals surface area (Å²) in [6.07, 6.45) is 8.66. The Labute approximate surface area is 369 Å². The van der Waals surface area contributed by atoms with Crippen LogP contribution in [-0.4, -0.2) is 122 Å². The van der Waals surface area contributed by atoms with Crippen molar-refractivity contribution in [2.24, 2.45) is 11.6 Å². The number of anilines is 2. The van der Waals surface area contributed by atoms with E-state index < -0.39 is 29.8 Å². The highest BCUT2D eigenvalue weighted by Gasteiger charge is 2.35. The Balaban J connectivity index is 0.913. The van der Waals surface area contributed by atoms with Crippen molar-refractivity contribution in [1.29, 1.82) is 0 Å². The molecule has 2 aliphatic rings. The number of piperazine rings is 1. The Morgan fingerprint density at radius 2 is 1.78 bits per heavy atom. The number of nitrogens with zero attached hydrogens (tertiary/aromatic N) is 8. The zero-order valence-electron chi connectivity index (χ0n) is 35.4. The second kappa shape index (κ2) is 20.6. The normalized spacial score (nSPS) is 16.8. The lowest BCUT2D eigenvalue weighted by molar-refractivity contribution is -0.136. The van der Waals surface area contributed by atoms with E-state index >= 15 is 0 Å². The van der Waals surface area contributed by atoms with Crippen molar-refractivity contribution >= 4 is 58.2 Å². The molecule has 2 fully saturated rings. The van der Waals surface area contributed by atoms with Gasteiger partial charge in [0.05, 0.1) is 40.8 Å². The minimum atomic E-state index is -0.875. The van der Waals surface area contributed by atoms with E-state index in [0.717, 1.165) is 28.0 Å². The lowest BCUT2D eigenvalue weighted by atomic mass is 10.0. The highest BCUT2D eigenvalue weighted by molar-refractivity contribution is 6.09. The Morgan fingerprint density at radius 1 is 0.984 bits per heavy atom. The highest BCUT2D eigenvalue weighted by atomic mass is 16.2. The van der Waals surface area contributed by atoms with Crippen LogP contribution in [0.25, 0.3) is 16.6 Å². The number of likely N-dealkylation sites (N-methyl/N-ethyl adjacent to an activating group) is 1. The maximum atomic E-state index is 14.0. The van der Waals surface area contributed by atoms with Gasteiger partial charge in [0.15, 0.2) is 6.29 Å². The molecule has 5 amide bonds. The summed E-state index contributed by atoms with van der Waals surface area (Å²) in [7, 11) is 1.43. The van der Waals surface area contributed by atoms with Gasteiger partial charge in [-0.2, -0.15) is 5.10 Å². The number of hydrazine groups is 1. The van der Waals surface area contributed by atoms with E-state index in [2.05, 4.69) is 40.8 Å². The van der Waals surface area contributed by atoms with E-state index in [1.165, 1.54) is 35.2 Å². The molecule has 0 aliphatic carbocycles. The molecular weight excluding hydrogens is 819 g/mol. The number of carbonyl (C=O) groups is 6. The molecule has 3 aromatic carbocycles. The average molecular weight is 870 g/mol. The van der Waals surface area contributed by atoms with Crippen LogP contribution in [0, 0.1) is 0 Å². The number of rotatable bonds is 17. The molecule has 2 unspecified atom stereocenters. The molecule has 0 saturated carbocycles. The fraction of sp³-hybridized carbons (Fsp3) is 0.311. The third kappa shape index (κ3) is 10.7. The van der Waals surface area contributed by atoms with Crippen molar-refractivity contribution in [2.45, 2.75) is 50.7 Å². The van der Waals surface area contributed by atoms with E-state index in [1.54, 1.807) is 12.5 Å². The Bertz CT molecular complexity index is 2540. The fourth-order valence-corrected chi connectivity index (χ4v) is 7.89. The summed E-state index contributed by atoms with van der Waals surface area (Å²) in [6, 6.07) is 20.7. The van der Waals surface area contributed by atoms with Crippen LogP contribution in [0.15, 0.2) is 103 Å². The summed E-state index contributed by atoms with van der Waals surface area (Å²) in [4.78, 5) is 90.8. The zero-order chi connectivity index (χ0) is 45.2. The zero-order valence-corrected chi connectivity index (χ0v) is 35.4. The van der Waals surface area contributed by atoms with Crippen molar-refractivity contribution in [2.75, 3.05) is 50.0 Å². The van der Waals surface area contributed by atoms with Gasteiger partial charge >= 0.3 is 0 Å². The number of para-hydroxylation sites is 2. The summed E-state index contributed by atoms with van der Waals surface area (Å²) in [5.41, 5.74) is 9.54. The van der Waals surface area contributed by atoms with Gasteiger partial charge in [-0.1, -0.05) is 36.4 Å². The van der Waals surface area contributed by atoms with Crippen molar-refractivity contribution in [3.05, 3.63) is 120 Å². The first kappa shape index (κ1) is 44.5. The fourth-order valence-electron chi connectivity index (χ4n) is 7.89. The van der Waals surface area contributed by atoms with Crippen LogP contribution in [-0.2, 0) is 25.7 Å². The lowest BCUT2D eigenvalue weighted by Gasteiger charge is -2.41. The Hall–Kier alpha value is -7.51. The van der Waals surface area contributed by atoms with Crippen molar-refractivity contribution in [3.63, 3.8) is 0 Å². The highest BCUT2D eigenvalue weighted by Crippen LogP contribution is 2.27. The standard InChI is InChI=1S/C45H51N13O6/c1-54(38-17-18-41(61)53-44(38)63)45(64)33-13-9-15-37(35(33)28-59)52-40(60)16-7-8-19-57(47)26-31(46)23-48-43(62)39-27-56(42-34-12-5-6-14-36(34)49-29-50-42)21-20-55(39)24-30-22-51-58(25-30)32-10-3-2-4-11-32/h2-6,9-15,22,25-26,28-29,38-39H,7-8,16-21,23-24,27,46-47H2,1H3,(H,48,62)(H,52,60)(H,53,61,63)/b31-26-. The predicted octanol–water partition coefficient (Wildman–Crippen LogP) is 2.10. The molecule has 0 spiro atoms. The van der Waals surface area contributed by atoms with Crippen LogP contribution < -0.4 is 32.4 Å². The quantitative estimate of drug-likeness (QED) is 0.0296. The number of benzene rings is 3. The second-order valence-electron chi connectivity index (χ2n) is 15.7. The molecule has 332 valence electrons. The van der Waals surface area contributed by atoms with Gasteiger partial charge in [0.25, 0.3) is 5.91 Å². The number of carbonyl (C=O) groups excluding carboxylic acids is 6. The van der Waals surface area contributed by atoms with Gasteiger partial charge in [-0.15, -0.1) is 0 Å². The van der Waals surface area contributed by atoms with Crippen LogP contribution in [0.1, 0.15) is 58.4 Å². The van der Waals surface area contributed by atoms with Crippen molar-refractivity contribution in [1.82, 2.24) is 45.2 Å². The number of hydrogen-bond donors (Lipinski definition) is 5. The second-order valence-corrected chi connectivity index (χ2v) is 15.7. The van der Waals surface area contributed by atoms with Crippen molar-refractivity contribution in [3.8, 4) is 5.69 Å². The number of hydrogen-bond acceptors (Lipinski definition) is 14. The monoisotopic (exact) mass is 869 g/mol. The maximum Gasteiger partial charge on any atom is 0.255 e. The predicted molar refractivity (Wildman–Crippen MR) is 238 cm³/mol. The van der Waals surface area contributed by atoms with Gasteiger partial charge in [0.2, 0.25) is 23.6 Å². The number of imide groups is 1. The number of unbranched alkanes of at least 4 members (excludes halogenated alkanes) is 1. The molecule has 64 heavy (non-hydrogen) atoms. The Morgan fingerprint density at radius 3 is 2.58 bits per heavy atom. The minimum absolute atomic E-state index is 0.0145. The molecule has 0 radical (unpaired) electrons. The third-order valence-electron chi connectivity index (χ3n) is 11.3. The summed E-state index contributed by atoms with van der Waals surface area (Å²) in [5.74, 6) is 4.82. The first-order valence-electron chi connectivity index (χ1n) is 21.0. The van der Waals surface area contributed by atoms with Crippen LogP contribution >= 0.6 is 0 Å². The van der Waals surface area contributed by atoms with Gasteiger partial charge in [0.1, 0.15) is 24.2 Å². The van der Waals surface area contributed by atoms with E-state index in [9.17, 15) is 28.8 Å². The first-order chi connectivity index (χ1) is 31.0. The number of aldehydes is 1. The topological polar surface area (TPSA) is 247 Å². The summed E-state index contributed by atoms with van der Waals surface area (Å²) < 4.78 is 1.82. The molecule has 2 saturated heterocycles. The van der Waals surface area contributed by atoms with Gasteiger partial charge in [0, 0.05) is 81.7 Å². The van der Waals surface area contributed by atoms with Gasteiger partial charge in [-0.25, -0.2) is 20.5 Å². The molecule has 5 aromatic rings. The van der Waals surface area contributed by atoms with E-state index in [1.807, 2.05) is 71.7 Å². The molecule has 2 atom stereocenters. The summed E-state index contributed by atoms with van der Waals surface area (Å²) in [6.45, 7) is 2.50. The lowest BCUT2D eigenvalue weighted by Crippen LogP contribution is -2.59. The summed E-state index contributed by atoms with van der Waals surface area (Å²) in [5, 5.41) is 14.8. The smallest absolute Gasteiger partial charge is 0.255 e. The molecule has 7 rings (SSSR count). The molecule has 19 nitrogen and oxygen atoms in total. The van der Waals surface area contributed by atoms with Crippen LogP contribution in [0.5, 0.6) is 0 Å². The van der Waals surface area contributed by atoms with Crippen LogP contribution in [0.2, 0.25) is 0 Å². The molecular formula is C45H51N13O6. The van der Waals surface area contributed by atoms with Gasteiger partial charge in [-0.05, 0) is 55.7 Å². The number of aromatic nitrogens is 4. The first-order valence-corrected chi connectivity index (χ1v) is 21.0. The number of nitrogens with two attached hydrogens (primary N) is 2. The minimum Gasteiger partial charge on any atom is -0.399 e. The molecule has 7 N–H and O–H groups in total. The number of nitrogens with one attached hydrogen (secondary N) is 3. The Kier molecular flexibility index (Phi) is 14.3. The molecule has 2 aliphatic heterocycles. The average Bonchev–Trinajstić information content (AvgIpc) is 3.78. The van der Waals surface area contributed by atoms with E-state index in [4.69, 9.17) is 11.6 Å². The SMILES string of the molecule is CN(C(=O)c1cccc(NC(=O)CCCCN(N)/C=C(\N)CNC(=O)C2CN(c3ncnc4ccccc34)CCN2Cc2cnn(-c3ccccc3)c2)c1C=O)C1CCC(=O)NC1=O. The number of piperidine rings is 1. The molecule has 0 bridgehead atoms. The third-order valence-corrected chi connectivity index (χ3v) is 11.3. The molecule has 4 heterocycles. The largest absolute Gasteiger partial charge is 0.399 e. The van der Waals surface area contributed by atoms with Gasteiger partial charge < -0.3 is 31.2 Å². The van der Waals surface area contributed by atoms with Crippen molar-refractivity contribution < 1.29 is 28.8 Å². The van der Waals surface area contributed by atoms with E-state index in [-0.39, 0.29) is 54.4 Å². The number of fused-ring (bicyclic) bond motifs is 1. The van der Waals surface area contributed by atoms with Crippen LogP contribution in [0.4, 0.5) is 11.5 Å². The number of amides is 5. The molecule has 2 aromatic heterocycles.